The molecule has 0 N–H and O–H groups in total. The number of hydrogen-bond donors (Lipinski definition) is 0. The van der Waals surface area contributed by atoms with Gasteiger partial charge < -0.3 is 9.15 Å². The molecule has 0 unspecified atom stereocenters. The molecule has 0 saturated heterocycles. The van der Waals surface area contributed by atoms with Gasteiger partial charge in [0.05, 0.1) is 30.7 Å². The van der Waals surface area contributed by atoms with Crippen LogP contribution in [0.1, 0.15) is 17.0 Å². The summed E-state index contributed by atoms with van der Waals surface area (Å²) in [5.74, 6) is 1.43. The average Bonchev–Trinajstić information content (AvgIpc) is 2.75. The van der Waals surface area contributed by atoms with E-state index in [-0.39, 0.29) is 0 Å². The fraction of sp³-hybridized carbons (Fsp3) is 0.333. The molecule has 17 heavy (non-hydrogen) atoms. The molecule has 4 nitrogen and oxygen atoms in total. The SMILES string of the molecule is Cc1occc1-c1nc(Cl)c2c(n1)CCOC2. The monoisotopic (exact) mass is 250 g/mol. The lowest BCUT2D eigenvalue weighted by molar-refractivity contribution is 0.109. The maximum absolute atomic E-state index is 6.15. The van der Waals surface area contributed by atoms with E-state index in [0.717, 1.165) is 29.0 Å². The van der Waals surface area contributed by atoms with E-state index < -0.39 is 0 Å². The first-order valence-electron chi connectivity index (χ1n) is 5.43. The van der Waals surface area contributed by atoms with Crippen molar-refractivity contribution in [2.75, 3.05) is 6.61 Å². The standard InChI is InChI=1S/C12H11ClN2O2/c1-7-8(2-5-17-7)12-14-10-3-4-16-6-9(10)11(13)15-12/h2,5H,3-4,6H2,1H3. The number of hydrogen-bond acceptors (Lipinski definition) is 4. The van der Waals surface area contributed by atoms with Crippen molar-refractivity contribution in [1.29, 1.82) is 0 Å². The van der Waals surface area contributed by atoms with Gasteiger partial charge in [0.15, 0.2) is 5.82 Å². The minimum Gasteiger partial charge on any atom is -0.469 e. The highest BCUT2D eigenvalue weighted by Gasteiger charge is 2.18. The molecule has 88 valence electrons. The van der Waals surface area contributed by atoms with Gasteiger partial charge in [-0.2, -0.15) is 0 Å². The molecule has 1 aliphatic heterocycles. The molecule has 0 aliphatic carbocycles. The second-order valence-electron chi connectivity index (χ2n) is 3.96. The summed E-state index contributed by atoms with van der Waals surface area (Å²) >= 11 is 6.15. The van der Waals surface area contributed by atoms with Crippen LogP contribution in [0.25, 0.3) is 11.4 Å². The number of furan rings is 1. The molecule has 0 spiro atoms. The lowest BCUT2D eigenvalue weighted by atomic mass is 10.1. The van der Waals surface area contributed by atoms with Gasteiger partial charge >= 0.3 is 0 Å². The van der Waals surface area contributed by atoms with Crippen molar-refractivity contribution in [3.8, 4) is 11.4 Å². The van der Waals surface area contributed by atoms with Gasteiger partial charge in [0, 0.05) is 12.0 Å². The third kappa shape index (κ3) is 1.83. The maximum Gasteiger partial charge on any atom is 0.164 e. The second-order valence-corrected chi connectivity index (χ2v) is 4.31. The molecule has 1 aliphatic rings. The van der Waals surface area contributed by atoms with E-state index in [9.17, 15) is 0 Å². The Morgan fingerprint density at radius 1 is 1.35 bits per heavy atom. The zero-order valence-electron chi connectivity index (χ0n) is 9.36. The fourth-order valence-corrected chi connectivity index (χ4v) is 2.17. The Labute approximate surface area is 104 Å². The summed E-state index contributed by atoms with van der Waals surface area (Å²) in [6.45, 7) is 3.07. The van der Waals surface area contributed by atoms with Crippen LogP contribution >= 0.6 is 11.6 Å². The number of rotatable bonds is 1. The summed E-state index contributed by atoms with van der Waals surface area (Å²) in [6.07, 6.45) is 2.41. The van der Waals surface area contributed by atoms with E-state index in [2.05, 4.69) is 9.97 Å². The van der Waals surface area contributed by atoms with Crippen LogP contribution in [0.15, 0.2) is 16.7 Å². The molecule has 0 atom stereocenters. The predicted molar refractivity (Wildman–Crippen MR) is 62.8 cm³/mol. The van der Waals surface area contributed by atoms with Crippen molar-refractivity contribution in [3.05, 3.63) is 34.5 Å². The van der Waals surface area contributed by atoms with Crippen LogP contribution in [0.5, 0.6) is 0 Å². The first-order valence-corrected chi connectivity index (χ1v) is 5.81. The van der Waals surface area contributed by atoms with Crippen molar-refractivity contribution in [1.82, 2.24) is 9.97 Å². The topological polar surface area (TPSA) is 48.2 Å². The smallest absolute Gasteiger partial charge is 0.164 e. The van der Waals surface area contributed by atoms with Crippen molar-refractivity contribution in [2.24, 2.45) is 0 Å². The lowest BCUT2D eigenvalue weighted by Crippen LogP contribution is -2.14. The summed E-state index contributed by atoms with van der Waals surface area (Å²) in [5.41, 5.74) is 2.77. The molecule has 3 rings (SSSR count). The van der Waals surface area contributed by atoms with E-state index in [1.807, 2.05) is 13.0 Å². The summed E-state index contributed by atoms with van der Waals surface area (Å²) in [7, 11) is 0. The van der Waals surface area contributed by atoms with Crippen molar-refractivity contribution in [2.45, 2.75) is 20.0 Å². The van der Waals surface area contributed by atoms with Crippen LogP contribution in [0.2, 0.25) is 5.15 Å². The summed E-state index contributed by atoms with van der Waals surface area (Å²) in [6, 6.07) is 1.85. The molecule has 2 aromatic heterocycles. The molecule has 2 aromatic rings. The molecule has 0 radical (unpaired) electrons. The highest BCUT2D eigenvalue weighted by molar-refractivity contribution is 6.30. The Balaban J connectivity index is 2.14. The Kier molecular flexibility index (Phi) is 2.61. The average molecular weight is 251 g/mol. The lowest BCUT2D eigenvalue weighted by Gasteiger charge is -2.16. The first kappa shape index (κ1) is 10.7. The minimum atomic E-state index is 0.477. The quantitative estimate of drug-likeness (QED) is 0.731. The molecule has 0 amide bonds. The third-order valence-corrected chi connectivity index (χ3v) is 3.18. The molecule has 3 heterocycles. The van der Waals surface area contributed by atoms with Crippen LogP contribution in [-0.4, -0.2) is 16.6 Å². The molecular weight excluding hydrogens is 240 g/mol. The molecule has 0 fully saturated rings. The molecular formula is C12H11ClN2O2. The first-order chi connectivity index (χ1) is 8.25. The third-order valence-electron chi connectivity index (χ3n) is 2.87. The molecule has 0 aromatic carbocycles. The van der Waals surface area contributed by atoms with Crippen molar-refractivity contribution >= 4 is 11.6 Å². The summed E-state index contributed by atoms with van der Waals surface area (Å²) in [4.78, 5) is 8.85. The number of aromatic nitrogens is 2. The van der Waals surface area contributed by atoms with E-state index in [1.54, 1.807) is 6.26 Å². The normalized spacial score (nSPS) is 14.7. The van der Waals surface area contributed by atoms with Crippen LogP contribution in [0.3, 0.4) is 0 Å². The number of aryl methyl sites for hydroxylation is 1. The number of nitrogens with zero attached hydrogens (tertiary/aromatic N) is 2. The highest BCUT2D eigenvalue weighted by atomic mass is 35.5. The van der Waals surface area contributed by atoms with Gasteiger partial charge in [-0.1, -0.05) is 11.6 Å². The number of fused-ring (bicyclic) bond motifs is 1. The Morgan fingerprint density at radius 3 is 3.00 bits per heavy atom. The summed E-state index contributed by atoms with van der Waals surface area (Å²) in [5, 5.41) is 0.477. The van der Waals surface area contributed by atoms with Gasteiger partial charge in [-0.05, 0) is 13.0 Å². The van der Waals surface area contributed by atoms with Crippen LogP contribution < -0.4 is 0 Å². The number of ether oxygens (including phenoxy) is 1. The fourth-order valence-electron chi connectivity index (χ4n) is 1.93. The van der Waals surface area contributed by atoms with E-state index >= 15 is 0 Å². The Morgan fingerprint density at radius 2 is 2.24 bits per heavy atom. The summed E-state index contributed by atoms with van der Waals surface area (Å²) < 4.78 is 10.6. The van der Waals surface area contributed by atoms with Gasteiger partial charge in [0.25, 0.3) is 0 Å². The largest absolute Gasteiger partial charge is 0.469 e. The van der Waals surface area contributed by atoms with Gasteiger partial charge in [0.1, 0.15) is 10.9 Å². The Bertz CT molecular complexity index is 566. The minimum absolute atomic E-state index is 0.477. The predicted octanol–water partition coefficient (Wildman–Crippen LogP) is 2.77. The van der Waals surface area contributed by atoms with Crippen LogP contribution in [0.4, 0.5) is 0 Å². The van der Waals surface area contributed by atoms with Gasteiger partial charge in [-0.25, -0.2) is 9.97 Å². The van der Waals surface area contributed by atoms with Crippen molar-refractivity contribution in [3.63, 3.8) is 0 Å². The second kappa shape index (κ2) is 4.13. The van der Waals surface area contributed by atoms with Crippen LogP contribution in [0, 0.1) is 6.92 Å². The molecule has 0 bridgehead atoms. The van der Waals surface area contributed by atoms with Gasteiger partial charge in [0.2, 0.25) is 0 Å². The zero-order chi connectivity index (χ0) is 11.8. The molecule has 5 heteroatoms. The van der Waals surface area contributed by atoms with Crippen molar-refractivity contribution < 1.29 is 9.15 Å². The zero-order valence-corrected chi connectivity index (χ0v) is 10.1. The van der Waals surface area contributed by atoms with Gasteiger partial charge in [-0.15, -0.1) is 0 Å². The maximum atomic E-state index is 6.15. The Hall–Kier alpha value is -1.39. The van der Waals surface area contributed by atoms with E-state index in [0.29, 0.717) is 24.2 Å². The van der Waals surface area contributed by atoms with E-state index in [4.69, 9.17) is 20.8 Å². The van der Waals surface area contributed by atoms with E-state index in [1.165, 1.54) is 0 Å². The van der Waals surface area contributed by atoms with Gasteiger partial charge in [-0.3, -0.25) is 0 Å². The van der Waals surface area contributed by atoms with Crippen LogP contribution in [-0.2, 0) is 17.8 Å². The highest BCUT2D eigenvalue weighted by Crippen LogP contribution is 2.27. The number of halogens is 1. The molecule has 0 saturated carbocycles.